The summed E-state index contributed by atoms with van der Waals surface area (Å²) in [5.74, 6) is -0.887. The van der Waals surface area contributed by atoms with Crippen LogP contribution in [-0.2, 0) is 11.0 Å². The monoisotopic (exact) mass is 576 g/mol. The highest BCUT2D eigenvalue weighted by Gasteiger charge is 2.32. The van der Waals surface area contributed by atoms with E-state index in [-0.39, 0.29) is 45.4 Å². The Morgan fingerprint density at radius 1 is 1.15 bits per heavy atom. The van der Waals surface area contributed by atoms with Gasteiger partial charge >= 0.3 is 6.18 Å². The summed E-state index contributed by atoms with van der Waals surface area (Å²) in [6, 6.07) is 7.64. The number of carbonyl (C=O) groups excluding carboxylic acids is 2. The van der Waals surface area contributed by atoms with Crippen molar-refractivity contribution in [3.63, 3.8) is 0 Å². The van der Waals surface area contributed by atoms with Crippen molar-refractivity contribution < 1.29 is 32.2 Å². The molecule has 10 nitrogen and oxygen atoms in total. The van der Waals surface area contributed by atoms with E-state index < -0.39 is 23.8 Å². The van der Waals surface area contributed by atoms with Crippen LogP contribution in [0.4, 0.5) is 30.4 Å². The number of nitrogens with one attached hydrogen (secondary N) is 2. The van der Waals surface area contributed by atoms with Crippen LogP contribution in [0.2, 0.25) is 5.02 Å². The van der Waals surface area contributed by atoms with Gasteiger partial charge in [-0.1, -0.05) is 11.6 Å². The van der Waals surface area contributed by atoms with Crippen LogP contribution in [0, 0.1) is 0 Å². The van der Waals surface area contributed by atoms with Gasteiger partial charge in [-0.3, -0.25) is 9.59 Å². The number of anilines is 3. The van der Waals surface area contributed by atoms with Crippen LogP contribution in [0.25, 0.3) is 0 Å². The molecule has 0 spiro atoms. The van der Waals surface area contributed by atoms with E-state index >= 15 is 0 Å². The lowest BCUT2D eigenvalue weighted by Crippen LogP contribution is -2.44. The maximum absolute atomic E-state index is 13.7. The summed E-state index contributed by atoms with van der Waals surface area (Å²) in [5.41, 5.74) is -0.430. The minimum absolute atomic E-state index is 0.00540. The molecule has 2 amide bonds. The maximum Gasteiger partial charge on any atom is 0.416 e. The van der Waals surface area contributed by atoms with Gasteiger partial charge in [0.15, 0.2) is 11.9 Å². The first-order valence-corrected chi connectivity index (χ1v) is 12.6. The third-order valence-corrected chi connectivity index (χ3v) is 6.76. The van der Waals surface area contributed by atoms with E-state index in [1.54, 1.807) is 0 Å². The molecule has 1 saturated heterocycles. The number of benzene rings is 2. The first kappa shape index (κ1) is 27.5. The molecule has 2 N–H and O–H groups in total. The van der Waals surface area contributed by atoms with Crippen LogP contribution in [-0.4, -0.2) is 66.0 Å². The van der Waals surface area contributed by atoms with Gasteiger partial charge in [0.25, 0.3) is 17.7 Å². The van der Waals surface area contributed by atoms with E-state index in [9.17, 15) is 22.8 Å². The van der Waals surface area contributed by atoms with Crippen molar-refractivity contribution >= 4 is 40.6 Å². The normalized spacial score (nSPS) is 17.5. The fraction of sp³-hybridized carbons (Fsp3) is 0.308. The molecule has 0 aliphatic carbocycles. The first-order chi connectivity index (χ1) is 19.0. The lowest BCUT2D eigenvalue weighted by atomic mass is 10.1. The highest BCUT2D eigenvalue weighted by Crippen LogP contribution is 2.40. The highest BCUT2D eigenvalue weighted by atomic mass is 35.5. The lowest BCUT2D eigenvalue weighted by molar-refractivity contribution is -0.137. The van der Waals surface area contributed by atoms with Crippen LogP contribution in [0.15, 0.2) is 42.7 Å². The molecule has 14 heteroatoms. The minimum atomic E-state index is -4.60. The Balaban J connectivity index is 1.40. The zero-order valence-electron chi connectivity index (χ0n) is 21.4. The molecule has 1 aromatic heterocycles. The molecule has 40 heavy (non-hydrogen) atoms. The molecule has 5 rings (SSSR count). The van der Waals surface area contributed by atoms with Gasteiger partial charge in [-0.25, -0.2) is 4.98 Å². The van der Waals surface area contributed by atoms with Crippen molar-refractivity contribution in [2.45, 2.75) is 19.2 Å². The van der Waals surface area contributed by atoms with E-state index in [0.717, 1.165) is 18.5 Å². The van der Waals surface area contributed by atoms with Gasteiger partial charge in [0.2, 0.25) is 5.75 Å². The Kier molecular flexibility index (Phi) is 7.43. The van der Waals surface area contributed by atoms with Gasteiger partial charge in [-0.15, -0.1) is 0 Å². The van der Waals surface area contributed by atoms with Crippen LogP contribution < -0.4 is 25.0 Å². The van der Waals surface area contributed by atoms with Crippen LogP contribution in [0.1, 0.15) is 22.8 Å². The van der Waals surface area contributed by atoms with Crippen molar-refractivity contribution in [3.8, 4) is 17.4 Å². The summed E-state index contributed by atoms with van der Waals surface area (Å²) in [7, 11) is 1.95. The summed E-state index contributed by atoms with van der Waals surface area (Å²) in [6.45, 7) is 4.06. The topological polar surface area (TPSA) is 109 Å². The molecule has 3 aromatic rings. The van der Waals surface area contributed by atoms with Gasteiger partial charge in [0, 0.05) is 43.1 Å². The smallest absolute Gasteiger partial charge is 0.416 e. The molecule has 0 saturated carbocycles. The number of likely N-dealkylation sites (N-methyl/N-ethyl adjacent to an activating group) is 1. The molecule has 0 bridgehead atoms. The number of halogens is 4. The number of hydrogen-bond acceptors (Lipinski definition) is 8. The summed E-state index contributed by atoms with van der Waals surface area (Å²) in [6.07, 6.45) is -4.26. The molecule has 3 heterocycles. The van der Waals surface area contributed by atoms with Gasteiger partial charge < -0.3 is 29.9 Å². The van der Waals surface area contributed by atoms with Crippen LogP contribution >= 0.6 is 11.6 Å². The van der Waals surface area contributed by atoms with E-state index in [2.05, 4.69) is 25.5 Å². The summed E-state index contributed by atoms with van der Waals surface area (Å²) >= 11 is 6.29. The summed E-state index contributed by atoms with van der Waals surface area (Å²) in [4.78, 5) is 36.9. The Labute approximate surface area is 232 Å². The number of piperazine rings is 1. The second-order valence-corrected chi connectivity index (χ2v) is 9.77. The molecule has 210 valence electrons. The van der Waals surface area contributed by atoms with Crippen molar-refractivity contribution in [1.82, 2.24) is 14.9 Å². The van der Waals surface area contributed by atoms with Crippen molar-refractivity contribution in [2.24, 2.45) is 0 Å². The van der Waals surface area contributed by atoms with Gasteiger partial charge in [0.05, 0.1) is 10.6 Å². The third-order valence-electron chi connectivity index (χ3n) is 6.45. The van der Waals surface area contributed by atoms with E-state index in [4.69, 9.17) is 21.1 Å². The molecule has 2 aliphatic heterocycles. The van der Waals surface area contributed by atoms with E-state index in [0.29, 0.717) is 31.9 Å². The second kappa shape index (κ2) is 10.8. The molecule has 2 aromatic carbocycles. The number of fused-ring (bicyclic) bond motifs is 1. The summed E-state index contributed by atoms with van der Waals surface area (Å²) < 4.78 is 52.5. The van der Waals surface area contributed by atoms with Gasteiger partial charge in [0.1, 0.15) is 12.1 Å². The number of amides is 2. The Morgan fingerprint density at radius 3 is 2.62 bits per heavy atom. The predicted molar refractivity (Wildman–Crippen MR) is 141 cm³/mol. The number of rotatable bonds is 5. The number of ether oxygens (including phenoxy) is 2. The quantitative estimate of drug-likeness (QED) is 0.451. The summed E-state index contributed by atoms with van der Waals surface area (Å²) in [5, 5.41) is 5.26. The fourth-order valence-corrected chi connectivity index (χ4v) is 4.35. The number of alkyl halides is 3. The molecule has 2 aliphatic rings. The molecule has 1 fully saturated rings. The zero-order valence-corrected chi connectivity index (χ0v) is 22.1. The maximum atomic E-state index is 13.7. The lowest BCUT2D eigenvalue weighted by Gasteiger charge is -2.34. The second-order valence-electron chi connectivity index (χ2n) is 9.36. The SMILES string of the molecule is CC1Oc2c(ncnc2Oc2cc(C(=O)Nc3cc(N4CCN(C)CC4)cc(C(F)(F)F)c3)ccc2Cl)NC1=O. The molecular weight excluding hydrogens is 553 g/mol. The highest BCUT2D eigenvalue weighted by molar-refractivity contribution is 6.32. The average molecular weight is 577 g/mol. The van der Waals surface area contributed by atoms with Crippen LogP contribution in [0.3, 0.4) is 0 Å². The molecule has 0 radical (unpaired) electrons. The molecular formula is C26H24ClF3N6O4. The molecule has 1 atom stereocenters. The first-order valence-electron chi connectivity index (χ1n) is 12.2. The average Bonchev–Trinajstić information content (AvgIpc) is 2.90. The third kappa shape index (κ3) is 5.89. The Hall–Kier alpha value is -4.10. The minimum Gasteiger partial charge on any atom is -0.472 e. The van der Waals surface area contributed by atoms with Crippen molar-refractivity contribution in [3.05, 3.63) is 58.9 Å². The number of hydrogen-bond donors (Lipinski definition) is 2. The van der Waals surface area contributed by atoms with Gasteiger partial charge in [-0.2, -0.15) is 18.2 Å². The zero-order chi connectivity index (χ0) is 28.6. The largest absolute Gasteiger partial charge is 0.472 e. The Morgan fingerprint density at radius 2 is 1.90 bits per heavy atom. The standard InChI is InChI=1S/C26H24ClF3N6O4/c1-14-23(37)34-22-21(39-14)25(32-13-31-22)40-20-9-15(3-4-19(20)27)24(38)33-17-10-16(26(28,29)30)11-18(12-17)36-7-5-35(2)6-8-36/h3-4,9-14H,5-8H2,1-2H3,(H,33,38)(H,31,32,34,37). The van der Waals surface area contributed by atoms with E-state index in [1.807, 2.05) is 11.9 Å². The van der Waals surface area contributed by atoms with Crippen molar-refractivity contribution in [2.75, 3.05) is 48.8 Å². The van der Waals surface area contributed by atoms with E-state index in [1.165, 1.54) is 31.2 Å². The van der Waals surface area contributed by atoms with Gasteiger partial charge in [-0.05, 0) is 50.4 Å². The predicted octanol–water partition coefficient (Wildman–Crippen LogP) is 4.66. The van der Waals surface area contributed by atoms with Crippen molar-refractivity contribution in [1.29, 1.82) is 0 Å². The number of aromatic nitrogens is 2. The van der Waals surface area contributed by atoms with Crippen LogP contribution in [0.5, 0.6) is 17.4 Å². The molecule has 1 unspecified atom stereocenters. The number of nitrogens with zero attached hydrogens (tertiary/aromatic N) is 4. The Bertz CT molecular complexity index is 1460. The number of carbonyl (C=O) groups is 2. The fourth-order valence-electron chi connectivity index (χ4n) is 4.20.